The van der Waals surface area contributed by atoms with E-state index in [1.54, 1.807) is 24.1 Å². The highest BCUT2D eigenvalue weighted by Crippen LogP contribution is 2.31. The first-order chi connectivity index (χ1) is 18.3. The van der Waals surface area contributed by atoms with Gasteiger partial charge in [0.1, 0.15) is 5.75 Å². The Balaban J connectivity index is 1.64. The number of rotatable bonds is 5. The van der Waals surface area contributed by atoms with Crippen LogP contribution >= 0.6 is 0 Å². The number of carbonyl (C=O) groups excluding carboxylic acids is 2. The molecule has 7 nitrogen and oxygen atoms in total. The lowest BCUT2D eigenvalue weighted by atomic mass is 9.94. The van der Waals surface area contributed by atoms with Crippen LogP contribution in [0.4, 0.5) is 4.79 Å². The van der Waals surface area contributed by atoms with Crippen molar-refractivity contribution in [1.29, 1.82) is 0 Å². The molecule has 0 saturated heterocycles. The first kappa shape index (κ1) is 27.4. The molecule has 3 aromatic carbocycles. The summed E-state index contributed by atoms with van der Waals surface area (Å²) in [6.07, 6.45) is -0.871. The van der Waals surface area contributed by atoms with Crippen LogP contribution in [0.2, 0.25) is 0 Å². The van der Waals surface area contributed by atoms with Crippen LogP contribution in [0, 0.1) is 12.8 Å². The molecule has 0 unspecified atom stereocenters. The predicted molar refractivity (Wildman–Crippen MR) is 147 cm³/mol. The van der Waals surface area contributed by atoms with E-state index in [4.69, 9.17) is 9.47 Å². The molecule has 3 aromatic rings. The first-order valence-corrected chi connectivity index (χ1v) is 13.0. The zero-order valence-electron chi connectivity index (χ0n) is 22.5. The fraction of sp³-hybridized carbons (Fsp3) is 0.355. The van der Waals surface area contributed by atoms with Crippen molar-refractivity contribution in [2.24, 2.45) is 5.92 Å². The van der Waals surface area contributed by atoms with Crippen molar-refractivity contribution in [1.82, 2.24) is 9.80 Å². The number of hydrogen-bond donors (Lipinski definition) is 1. The van der Waals surface area contributed by atoms with E-state index in [0.717, 1.165) is 22.3 Å². The number of likely N-dealkylation sites (N-methyl/N-ethyl adjacent to an activating group) is 1. The summed E-state index contributed by atoms with van der Waals surface area (Å²) < 4.78 is 12.0. The maximum absolute atomic E-state index is 13.9. The number of aryl methyl sites for hydroxylation is 1. The average Bonchev–Trinajstić information content (AvgIpc) is 2.95. The minimum Gasteiger partial charge on any atom is -0.410 e. The summed E-state index contributed by atoms with van der Waals surface area (Å²) >= 11 is 0. The van der Waals surface area contributed by atoms with Gasteiger partial charge in [0.15, 0.2) is 0 Å². The lowest BCUT2D eigenvalue weighted by Gasteiger charge is -2.35. The van der Waals surface area contributed by atoms with E-state index in [-0.39, 0.29) is 37.1 Å². The van der Waals surface area contributed by atoms with E-state index in [1.807, 2.05) is 81.4 Å². The van der Waals surface area contributed by atoms with Crippen LogP contribution < -0.4 is 4.74 Å². The molecular formula is C31H36N2O5. The number of amides is 2. The molecule has 1 N–H and O–H groups in total. The summed E-state index contributed by atoms with van der Waals surface area (Å²) in [7, 11) is 1.68. The van der Waals surface area contributed by atoms with E-state index >= 15 is 0 Å². The molecule has 0 fully saturated rings. The van der Waals surface area contributed by atoms with Crippen LogP contribution in [-0.4, -0.2) is 65.8 Å². The molecule has 0 saturated carbocycles. The number of carbonyl (C=O) groups is 2. The highest BCUT2D eigenvalue weighted by molar-refractivity contribution is 6.01. The molecule has 1 heterocycles. The lowest BCUT2D eigenvalue weighted by molar-refractivity contribution is -0.0205. The zero-order chi connectivity index (χ0) is 27.2. The van der Waals surface area contributed by atoms with Gasteiger partial charge in [0.2, 0.25) is 0 Å². The van der Waals surface area contributed by atoms with E-state index in [1.165, 1.54) is 4.90 Å². The van der Waals surface area contributed by atoms with E-state index in [9.17, 15) is 14.7 Å². The second kappa shape index (κ2) is 12.2. The van der Waals surface area contributed by atoms with Gasteiger partial charge >= 0.3 is 6.09 Å². The number of hydrogen-bond acceptors (Lipinski definition) is 5. The second-order valence-electron chi connectivity index (χ2n) is 10.1. The summed E-state index contributed by atoms with van der Waals surface area (Å²) in [5, 5.41) is 9.99. The Hall–Kier alpha value is -3.68. The van der Waals surface area contributed by atoms with Gasteiger partial charge in [-0.25, -0.2) is 4.79 Å². The molecule has 200 valence electrons. The highest BCUT2D eigenvalue weighted by Gasteiger charge is 2.31. The number of nitrogens with zero attached hydrogens (tertiary/aromatic N) is 2. The van der Waals surface area contributed by atoms with Crippen molar-refractivity contribution >= 4 is 12.0 Å². The maximum atomic E-state index is 13.9. The lowest BCUT2D eigenvalue weighted by Crippen LogP contribution is -2.47. The largest absolute Gasteiger partial charge is 0.415 e. The molecule has 0 aromatic heterocycles. The Morgan fingerprint density at radius 1 is 1.05 bits per heavy atom. The molecule has 0 spiro atoms. The van der Waals surface area contributed by atoms with Crippen LogP contribution in [0.3, 0.4) is 0 Å². The summed E-state index contributed by atoms with van der Waals surface area (Å²) in [5.41, 5.74) is 4.38. The molecule has 0 bridgehead atoms. The number of benzene rings is 3. The average molecular weight is 517 g/mol. The molecule has 2 amide bonds. The molecular weight excluding hydrogens is 480 g/mol. The van der Waals surface area contributed by atoms with Crippen LogP contribution in [0.1, 0.15) is 35.3 Å². The molecule has 7 heteroatoms. The number of aliphatic hydroxyl groups excluding tert-OH is 1. The quantitative estimate of drug-likeness (QED) is 0.507. The Morgan fingerprint density at radius 3 is 2.37 bits per heavy atom. The number of aliphatic hydroxyl groups is 1. The van der Waals surface area contributed by atoms with Gasteiger partial charge in [-0.2, -0.15) is 0 Å². The topological polar surface area (TPSA) is 79.3 Å². The number of ether oxygens (including phenoxy) is 2. The normalized spacial score (nSPS) is 18.6. The Labute approximate surface area is 224 Å². The molecule has 0 aliphatic carbocycles. The van der Waals surface area contributed by atoms with Crippen molar-refractivity contribution < 1.29 is 24.2 Å². The second-order valence-corrected chi connectivity index (χ2v) is 10.1. The van der Waals surface area contributed by atoms with E-state index < -0.39 is 6.09 Å². The van der Waals surface area contributed by atoms with Gasteiger partial charge in [0.05, 0.1) is 31.9 Å². The van der Waals surface area contributed by atoms with Crippen LogP contribution in [0.5, 0.6) is 5.75 Å². The number of fused-ring (bicyclic) bond motifs is 3. The third-order valence-corrected chi connectivity index (χ3v) is 7.09. The predicted octanol–water partition coefficient (Wildman–Crippen LogP) is 5.15. The smallest absolute Gasteiger partial charge is 0.410 e. The van der Waals surface area contributed by atoms with Crippen molar-refractivity contribution in [3.8, 4) is 16.9 Å². The minimum absolute atomic E-state index is 0.139. The van der Waals surface area contributed by atoms with Gasteiger partial charge in [-0.1, -0.05) is 67.1 Å². The summed E-state index contributed by atoms with van der Waals surface area (Å²) in [6, 6.07) is 22.4. The van der Waals surface area contributed by atoms with E-state index in [2.05, 4.69) is 0 Å². The highest BCUT2D eigenvalue weighted by atomic mass is 16.6. The zero-order valence-corrected chi connectivity index (χ0v) is 22.5. The van der Waals surface area contributed by atoms with Gasteiger partial charge in [0.25, 0.3) is 5.91 Å². The fourth-order valence-corrected chi connectivity index (χ4v) is 4.68. The van der Waals surface area contributed by atoms with Gasteiger partial charge in [-0.05, 0) is 48.7 Å². The van der Waals surface area contributed by atoms with Crippen molar-refractivity contribution in [2.45, 2.75) is 39.5 Å². The minimum atomic E-state index is -0.483. The molecule has 0 radical (unpaired) electrons. The van der Waals surface area contributed by atoms with Crippen molar-refractivity contribution in [3.63, 3.8) is 0 Å². The summed E-state index contributed by atoms with van der Waals surface area (Å²) in [6.45, 7) is 6.61. The van der Waals surface area contributed by atoms with Crippen molar-refractivity contribution in [2.75, 3.05) is 26.7 Å². The van der Waals surface area contributed by atoms with Gasteiger partial charge in [-0.15, -0.1) is 0 Å². The van der Waals surface area contributed by atoms with E-state index in [0.29, 0.717) is 24.5 Å². The Morgan fingerprint density at radius 2 is 1.68 bits per heavy atom. The van der Waals surface area contributed by atoms with Crippen LogP contribution in [0.15, 0.2) is 72.8 Å². The first-order valence-electron chi connectivity index (χ1n) is 13.0. The molecule has 3 atom stereocenters. The molecule has 1 aliphatic heterocycles. The summed E-state index contributed by atoms with van der Waals surface area (Å²) in [4.78, 5) is 30.0. The summed E-state index contributed by atoms with van der Waals surface area (Å²) in [5.74, 6) is 0.195. The Kier molecular flexibility index (Phi) is 8.81. The maximum Gasteiger partial charge on any atom is 0.415 e. The molecule has 1 aliphatic rings. The molecule has 4 rings (SSSR count). The van der Waals surface area contributed by atoms with Crippen LogP contribution in [0.25, 0.3) is 11.1 Å². The van der Waals surface area contributed by atoms with Crippen LogP contribution in [-0.2, 0) is 11.3 Å². The van der Waals surface area contributed by atoms with Gasteiger partial charge < -0.3 is 24.4 Å². The molecule has 38 heavy (non-hydrogen) atoms. The fourth-order valence-electron chi connectivity index (χ4n) is 4.68. The SMILES string of the molecule is Cc1ccc(OC(=O)N(C)C[C@@H]2OCc3ccccc3-c3ccccc3C(=O)N([C@@H](C)CO)C[C@H]2C)cc1. The van der Waals surface area contributed by atoms with Crippen molar-refractivity contribution in [3.05, 3.63) is 89.5 Å². The van der Waals surface area contributed by atoms with Gasteiger partial charge in [0, 0.05) is 25.1 Å². The monoisotopic (exact) mass is 516 g/mol. The van der Waals surface area contributed by atoms with Gasteiger partial charge in [-0.3, -0.25) is 4.79 Å². The Bertz CT molecular complexity index is 1260. The third kappa shape index (κ3) is 6.23. The standard InChI is InChI=1S/C31H36N2O5/c1-21-13-15-25(16-14-21)38-31(36)32(4)18-29-22(2)17-33(23(3)19-34)30(35)28-12-8-7-11-27(28)26-10-6-5-9-24(26)20-37-29/h5-16,22-23,29,34H,17-20H2,1-4H3/t22-,23+,29+/m1/s1. The third-order valence-electron chi connectivity index (χ3n) is 7.09.